The lowest BCUT2D eigenvalue weighted by atomic mass is 10.0. The average molecular weight is 225 g/mol. The van der Waals surface area contributed by atoms with E-state index in [2.05, 4.69) is 5.32 Å². The molecular weight excluding hydrogens is 206 g/mol. The third kappa shape index (κ3) is 2.87. The molecule has 0 heterocycles. The van der Waals surface area contributed by atoms with Crippen LogP contribution in [0.3, 0.4) is 0 Å². The molecule has 1 unspecified atom stereocenters. The van der Waals surface area contributed by atoms with Gasteiger partial charge in [0.2, 0.25) is 0 Å². The van der Waals surface area contributed by atoms with E-state index in [0.29, 0.717) is 5.56 Å². The van der Waals surface area contributed by atoms with Crippen LogP contribution in [0.25, 0.3) is 0 Å². The zero-order valence-corrected chi connectivity index (χ0v) is 9.64. The number of phenolic OH excluding ortho intramolecular Hbond substituents is 2. The molecule has 1 aromatic rings. The fourth-order valence-corrected chi connectivity index (χ4v) is 1.72. The fourth-order valence-electron chi connectivity index (χ4n) is 1.72. The van der Waals surface area contributed by atoms with E-state index in [0.717, 1.165) is 6.42 Å². The molecule has 0 aliphatic carbocycles. The summed E-state index contributed by atoms with van der Waals surface area (Å²) in [6.45, 7) is 3.84. The Morgan fingerprint density at radius 1 is 1.25 bits per heavy atom. The monoisotopic (exact) mass is 225 g/mol. The largest absolute Gasteiger partial charge is 0.507 e. The Hall–Kier alpha value is -1.26. The van der Waals surface area contributed by atoms with E-state index in [-0.39, 0.29) is 30.2 Å². The Bertz CT molecular complexity index is 317. The highest BCUT2D eigenvalue weighted by Gasteiger charge is 2.17. The Kier molecular flexibility index (Phi) is 4.58. The summed E-state index contributed by atoms with van der Waals surface area (Å²) in [7, 11) is 0. The summed E-state index contributed by atoms with van der Waals surface area (Å²) in [5.41, 5.74) is 0.467. The summed E-state index contributed by atoms with van der Waals surface area (Å²) in [4.78, 5) is 0. The van der Waals surface area contributed by atoms with Crippen molar-refractivity contribution in [3.8, 4) is 11.5 Å². The quantitative estimate of drug-likeness (QED) is 0.613. The van der Waals surface area contributed by atoms with Gasteiger partial charge in [-0.15, -0.1) is 0 Å². The number of phenols is 2. The first kappa shape index (κ1) is 12.8. The number of hydrogen-bond acceptors (Lipinski definition) is 4. The molecule has 0 amide bonds. The van der Waals surface area contributed by atoms with Crippen LogP contribution in [0.15, 0.2) is 18.2 Å². The molecule has 1 rings (SSSR count). The standard InChI is InChI=1S/C12H19NO3/c1-3-9(7-14)13-8(2)12-10(15)5-4-6-11(12)16/h4-6,8-9,13-16H,3,7H2,1-2H3/t8?,9-/m0/s1. The van der Waals surface area contributed by atoms with Crippen LogP contribution in [0.4, 0.5) is 0 Å². The molecule has 0 spiro atoms. The predicted octanol–water partition coefficient (Wildman–Crippen LogP) is 1.52. The molecule has 90 valence electrons. The predicted molar refractivity (Wildman–Crippen MR) is 62.5 cm³/mol. The molecule has 16 heavy (non-hydrogen) atoms. The van der Waals surface area contributed by atoms with Gasteiger partial charge in [-0.05, 0) is 25.5 Å². The summed E-state index contributed by atoms with van der Waals surface area (Å²) >= 11 is 0. The van der Waals surface area contributed by atoms with Crippen molar-refractivity contribution in [1.82, 2.24) is 5.32 Å². The van der Waals surface area contributed by atoms with E-state index in [1.807, 2.05) is 13.8 Å². The second-order valence-electron chi connectivity index (χ2n) is 3.89. The number of rotatable bonds is 5. The molecule has 4 heteroatoms. The van der Waals surface area contributed by atoms with Gasteiger partial charge < -0.3 is 20.6 Å². The third-order valence-corrected chi connectivity index (χ3v) is 2.69. The van der Waals surface area contributed by atoms with Crippen LogP contribution in [-0.2, 0) is 0 Å². The van der Waals surface area contributed by atoms with Gasteiger partial charge in [0, 0.05) is 12.1 Å². The molecule has 0 aliphatic heterocycles. The van der Waals surface area contributed by atoms with E-state index in [1.165, 1.54) is 12.1 Å². The summed E-state index contributed by atoms with van der Waals surface area (Å²) < 4.78 is 0. The summed E-state index contributed by atoms with van der Waals surface area (Å²) in [6, 6.07) is 4.41. The van der Waals surface area contributed by atoms with Crippen molar-refractivity contribution in [3.05, 3.63) is 23.8 Å². The van der Waals surface area contributed by atoms with Gasteiger partial charge in [0.1, 0.15) is 11.5 Å². The van der Waals surface area contributed by atoms with Gasteiger partial charge in [-0.3, -0.25) is 0 Å². The van der Waals surface area contributed by atoms with E-state index in [1.54, 1.807) is 6.07 Å². The molecule has 0 bridgehead atoms. The van der Waals surface area contributed by atoms with E-state index in [4.69, 9.17) is 5.11 Å². The Morgan fingerprint density at radius 2 is 1.81 bits per heavy atom. The van der Waals surface area contributed by atoms with Crippen LogP contribution in [0.5, 0.6) is 11.5 Å². The number of hydrogen-bond donors (Lipinski definition) is 4. The van der Waals surface area contributed by atoms with Crippen LogP contribution in [0.2, 0.25) is 0 Å². The molecule has 0 fully saturated rings. The molecule has 0 aromatic heterocycles. The van der Waals surface area contributed by atoms with Crippen molar-refractivity contribution in [1.29, 1.82) is 0 Å². The van der Waals surface area contributed by atoms with Crippen LogP contribution in [0.1, 0.15) is 31.9 Å². The van der Waals surface area contributed by atoms with Crippen molar-refractivity contribution in [3.63, 3.8) is 0 Å². The molecule has 0 aliphatic rings. The number of aliphatic hydroxyl groups excluding tert-OH is 1. The van der Waals surface area contributed by atoms with Gasteiger partial charge in [0.05, 0.1) is 12.2 Å². The lowest BCUT2D eigenvalue weighted by molar-refractivity contribution is 0.228. The lowest BCUT2D eigenvalue weighted by Gasteiger charge is -2.22. The van der Waals surface area contributed by atoms with Gasteiger partial charge in [-0.25, -0.2) is 0 Å². The zero-order chi connectivity index (χ0) is 12.1. The highest BCUT2D eigenvalue weighted by atomic mass is 16.3. The minimum atomic E-state index is -0.210. The van der Waals surface area contributed by atoms with Gasteiger partial charge in [0.25, 0.3) is 0 Å². The minimum Gasteiger partial charge on any atom is -0.507 e. The SMILES string of the molecule is CC[C@@H](CO)NC(C)c1c(O)cccc1O. The Balaban J connectivity index is 2.83. The van der Waals surface area contributed by atoms with Crippen LogP contribution >= 0.6 is 0 Å². The molecule has 4 nitrogen and oxygen atoms in total. The first-order chi connectivity index (χ1) is 7.60. The van der Waals surface area contributed by atoms with E-state index >= 15 is 0 Å². The van der Waals surface area contributed by atoms with Crippen LogP contribution in [0, 0.1) is 0 Å². The average Bonchev–Trinajstić information content (AvgIpc) is 2.25. The van der Waals surface area contributed by atoms with E-state index < -0.39 is 0 Å². The van der Waals surface area contributed by atoms with Crippen LogP contribution < -0.4 is 5.32 Å². The smallest absolute Gasteiger partial charge is 0.124 e. The molecular formula is C12H19NO3. The highest BCUT2D eigenvalue weighted by molar-refractivity contribution is 5.44. The first-order valence-corrected chi connectivity index (χ1v) is 5.47. The number of aromatic hydroxyl groups is 2. The molecule has 4 N–H and O–H groups in total. The maximum absolute atomic E-state index is 9.66. The maximum Gasteiger partial charge on any atom is 0.124 e. The number of aliphatic hydroxyl groups is 1. The number of benzene rings is 1. The minimum absolute atomic E-state index is 0.0333. The summed E-state index contributed by atoms with van der Waals surface area (Å²) in [6.07, 6.45) is 0.787. The first-order valence-electron chi connectivity index (χ1n) is 5.47. The highest BCUT2D eigenvalue weighted by Crippen LogP contribution is 2.32. The van der Waals surface area contributed by atoms with E-state index in [9.17, 15) is 10.2 Å². The van der Waals surface area contributed by atoms with Gasteiger partial charge in [-0.2, -0.15) is 0 Å². The second kappa shape index (κ2) is 5.72. The van der Waals surface area contributed by atoms with Crippen LogP contribution in [-0.4, -0.2) is 28.0 Å². The molecule has 0 saturated heterocycles. The fraction of sp³-hybridized carbons (Fsp3) is 0.500. The maximum atomic E-state index is 9.66. The zero-order valence-electron chi connectivity index (χ0n) is 9.64. The second-order valence-corrected chi connectivity index (χ2v) is 3.89. The molecule has 2 atom stereocenters. The third-order valence-electron chi connectivity index (χ3n) is 2.69. The Morgan fingerprint density at radius 3 is 2.25 bits per heavy atom. The van der Waals surface area contributed by atoms with Crippen molar-refractivity contribution in [2.45, 2.75) is 32.4 Å². The van der Waals surface area contributed by atoms with Gasteiger partial charge >= 0.3 is 0 Å². The van der Waals surface area contributed by atoms with Crippen molar-refractivity contribution in [2.75, 3.05) is 6.61 Å². The molecule has 0 saturated carbocycles. The van der Waals surface area contributed by atoms with Gasteiger partial charge in [-0.1, -0.05) is 13.0 Å². The van der Waals surface area contributed by atoms with Crippen molar-refractivity contribution >= 4 is 0 Å². The summed E-state index contributed by atoms with van der Waals surface area (Å²) in [5, 5.41) is 31.5. The summed E-state index contributed by atoms with van der Waals surface area (Å²) in [5.74, 6) is 0.126. The van der Waals surface area contributed by atoms with Gasteiger partial charge in [0.15, 0.2) is 0 Å². The number of nitrogens with one attached hydrogen (secondary N) is 1. The van der Waals surface area contributed by atoms with Crippen molar-refractivity contribution in [2.24, 2.45) is 0 Å². The molecule has 1 aromatic carbocycles. The topological polar surface area (TPSA) is 72.7 Å². The van der Waals surface area contributed by atoms with Crippen molar-refractivity contribution < 1.29 is 15.3 Å². The molecule has 0 radical (unpaired) electrons. The Labute approximate surface area is 95.6 Å². The normalized spacial score (nSPS) is 14.7. The lowest BCUT2D eigenvalue weighted by Crippen LogP contribution is -2.33.